The largest absolute Gasteiger partial charge is 0.459 e. The zero-order valence-corrected chi connectivity index (χ0v) is 19.9. The predicted molar refractivity (Wildman–Crippen MR) is 132 cm³/mol. The van der Waals surface area contributed by atoms with Crippen molar-refractivity contribution in [1.29, 1.82) is 0 Å². The highest BCUT2D eigenvalue weighted by Crippen LogP contribution is 2.27. The van der Waals surface area contributed by atoms with E-state index in [1.165, 1.54) is 4.90 Å². The molecule has 2 heterocycles. The summed E-state index contributed by atoms with van der Waals surface area (Å²) < 4.78 is 5.45. The monoisotopic (exact) mass is 461 g/mol. The van der Waals surface area contributed by atoms with Gasteiger partial charge in [0, 0.05) is 29.2 Å². The van der Waals surface area contributed by atoms with E-state index in [1.54, 1.807) is 20.8 Å². The number of para-hydroxylation sites is 2. The summed E-state index contributed by atoms with van der Waals surface area (Å²) in [5.41, 5.74) is 3.11. The first kappa shape index (κ1) is 23.5. The van der Waals surface area contributed by atoms with Gasteiger partial charge in [0.2, 0.25) is 11.8 Å². The fourth-order valence-corrected chi connectivity index (χ4v) is 4.37. The standard InChI is InChI=1S/C27H31N3O4/c1-27(2,3)34-25(32)17-30-23-11-7-4-8-18(23)12-14-22(26(30)33)29-24(31)15-13-19-16-28-21-10-6-5-9-20(19)21/h4-11,16,22,28H,12-15,17H2,1-3H3,(H,29,31). The lowest BCUT2D eigenvalue weighted by Gasteiger charge is -2.27. The number of hydrogen-bond donors (Lipinski definition) is 2. The van der Waals surface area contributed by atoms with Crippen LogP contribution in [0.2, 0.25) is 0 Å². The molecule has 0 aliphatic carbocycles. The molecule has 1 aliphatic rings. The van der Waals surface area contributed by atoms with E-state index >= 15 is 0 Å². The number of carbonyl (C=O) groups is 3. The number of rotatable bonds is 6. The molecular weight excluding hydrogens is 430 g/mol. The second-order valence-electron chi connectivity index (χ2n) is 9.66. The molecule has 1 atom stereocenters. The number of esters is 1. The number of benzene rings is 2. The van der Waals surface area contributed by atoms with Crippen LogP contribution in [0.5, 0.6) is 0 Å². The van der Waals surface area contributed by atoms with Gasteiger partial charge in [-0.2, -0.15) is 0 Å². The lowest BCUT2D eigenvalue weighted by molar-refractivity contribution is -0.153. The van der Waals surface area contributed by atoms with Crippen LogP contribution in [0.15, 0.2) is 54.7 Å². The van der Waals surface area contributed by atoms with E-state index in [2.05, 4.69) is 10.3 Å². The maximum absolute atomic E-state index is 13.5. The van der Waals surface area contributed by atoms with Crippen molar-refractivity contribution in [1.82, 2.24) is 10.3 Å². The third kappa shape index (κ3) is 5.47. The molecular formula is C27H31N3O4. The van der Waals surface area contributed by atoms with Crippen LogP contribution >= 0.6 is 0 Å². The van der Waals surface area contributed by atoms with E-state index < -0.39 is 17.6 Å². The summed E-state index contributed by atoms with van der Waals surface area (Å²) in [5.74, 6) is -0.968. The molecule has 7 heteroatoms. The first-order chi connectivity index (χ1) is 16.2. The fourth-order valence-electron chi connectivity index (χ4n) is 4.37. The number of nitrogens with zero attached hydrogens (tertiary/aromatic N) is 1. The minimum atomic E-state index is -0.703. The third-order valence-electron chi connectivity index (χ3n) is 5.89. The second-order valence-corrected chi connectivity index (χ2v) is 9.66. The van der Waals surface area contributed by atoms with E-state index in [0.717, 1.165) is 22.0 Å². The Morgan fingerprint density at radius 2 is 1.85 bits per heavy atom. The topological polar surface area (TPSA) is 91.5 Å². The van der Waals surface area contributed by atoms with E-state index in [4.69, 9.17) is 4.74 Å². The summed E-state index contributed by atoms with van der Waals surface area (Å²) in [6.45, 7) is 5.17. The molecule has 0 saturated carbocycles. The van der Waals surface area contributed by atoms with Gasteiger partial charge in [-0.15, -0.1) is 0 Å². The Hall–Kier alpha value is -3.61. The van der Waals surface area contributed by atoms with E-state index in [0.29, 0.717) is 24.9 Å². The number of aromatic nitrogens is 1. The number of aromatic amines is 1. The van der Waals surface area contributed by atoms with Gasteiger partial charge in [-0.1, -0.05) is 36.4 Å². The van der Waals surface area contributed by atoms with Crippen LogP contribution in [0, 0.1) is 0 Å². The highest BCUT2D eigenvalue weighted by Gasteiger charge is 2.33. The lowest BCUT2D eigenvalue weighted by Crippen LogP contribution is -2.50. The molecule has 0 spiro atoms. The summed E-state index contributed by atoms with van der Waals surface area (Å²) in [7, 11) is 0. The molecule has 0 saturated heterocycles. The Labute approximate surface area is 199 Å². The molecule has 1 unspecified atom stereocenters. The molecule has 0 bridgehead atoms. The quantitative estimate of drug-likeness (QED) is 0.545. The molecule has 3 aromatic rings. The summed E-state index contributed by atoms with van der Waals surface area (Å²) in [6, 6.07) is 14.8. The maximum atomic E-state index is 13.5. The number of carbonyl (C=O) groups excluding carboxylic acids is 3. The third-order valence-corrected chi connectivity index (χ3v) is 5.89. The van der Waals surface area contributed by atoms with Crippen LogP contribution in [-0.2, 0) is 32.0 Å². The summed E-state index contributed by atoms with van der Waals surface area (Å²) in [6.07, 6.45) is 3.86. The normalized spacial score (nSPS) is 16.1. The van der Waals surface area contributed by atoms with Crippen molar-refractivity contribution in [3.05, 3.63) is 65.9 Å². The number of aryl methyl sites for hydroxylation is 2. The smallest absolute Gasteiger partial charge is 0.326 e. The number of ether oxygens (including phenoxy) is 1. The number of anilines is 1. The van der Waals surface area contributed by atoms with Crippen molar-refractivity contribution in [2.24, 2.45) is 0 Å². The number of hydrogen-bond acceptors (Lipinski definition) is 4. The average Bonchev–Trinajstić information content (AvgIpc) is 3.15. The van der Waals surface area contributed by atoms with E-state index in [1.807, 2.05) is 54.7 Å². The van der Waals surface area contributed by atoms with Gasteiger partial charge in [0.15, 0.2) is 0 Å². The van der Waals surface area contributed by atoms with E-state index in [9.17, 15) is 14.4 Å². The van der Waals surface area contributed by atoms with Gasteiger partial charge in [0.25, 0.3) is 0 Å². The van der Waals surface area contributed by atoms with Gasteiger partial charge < -0.3 is 15.0 Å². The van der Waals surface area contributed by atoms with Gasteiger partial charge in [-0.25, -0.2) is 0 Å². The van der Waals surface area contributed by atoms with Gasteiger partial charge in [-0.05, 0) is 63.3 Å². The highest BCUT2D eigenvalue weighted by atomic mass is 16.6. The Morgan fingerprint density at radius 1 is 1.12 bits per heavy atom. The van der Waals surface area contributed by atoms with Gasteiger partial charge in [0.05, 0.1) is 0 Å². The van der Waals surface area contributed by atoms with Gasteiger partial charge >= 0.3 is 5.97 Å². The minimum absolute atomic E-state index is 0.188. The molecule has 0 radical (unpaired) electrons. The molecule has 34 heavy (non-hydrogen) atoms. The summed E-state index contributed by atoms with van der Waals surface area (Å²) >= 11 is 0. The average molecular weight is 462 g/mol. The second kappa shape index (κ2) is 9.71. The zero-order valence-electron chi connectivity index (χ0n) is 19.9. The number of amides is 2. The molecule has 7 nitrogen and oxygen atoms in total. The summed E-state index contributed by atoms with van der Waals surface area (Å²) in [4.78, 5) is 43.5. The lowest BCUT2D eigenvalue weighted by atomic mass is 10.1. The van der Waals surface area contributed by atoms with E-state index in [-0.39, 0.29) is 24.8 Å². The van der Waals surface area contributed by atoms with Crippen LogP contribution in [0.1, 0.15) is 44.7 Å². The van der Waals surface area contributed by atoms with Crippen molar-refractivity contribution >= 4 is 34.4 Å². The molecule has 0 fully saturated rings. The molecule has 2 aromatic carbocycles. The summed E-state index contributed by atoms with van der Waals surface area (Å²) in [5, 5.41) is 4.01. The van der Waals surface area contributed by atoms with Crippen molar-refractivity contribution in [2.45, 2.75) is 58.1 Å². The fraction of sp³-hybridized carbons (Fsp3) is 0.370. The maximum Gasteiger partial charge on any atom is 0.326 e. The predicted octanol–water partition coefficient (Wildman–Crippen LogP) is 3.91. The Kier molecular flexibility index (Phi) is 6.72. The highest BCUT2D eigenvalue weighted by molar-refractivity contribution is 6.03. The van der Waals surface area contributed by atoms with Crippen LogP contribution in [0.4, 0.5) is 5.69 Å². The molecule has 178 valence electrons. The Morgan fingerprint density at radius 3 is 2.65 bits per heavy atom. The minimum Gasteiger partial charge on any atom is -0.459 e. The number of H-pyrrole nitrogens is 1. The first-order valence-electron chi connectivity index (χ1n) is 11.7. The van der Waals surface area contributed by atoms with Gasteiger partial charge in [0.1, 0.15) is 18.2 Å². The van der Waals surface area contributed by atoms with Crippen molar-refractivity contribution < 1.29 is 19.1 Å². The van der Waals surface area contributed by atoms with Crippen molar-refractivity contribution in [2.75, 3.05) is 11.4 Å². The number of fused-ring (bicyclic) bond motifs is 2. The van der Waals surface area contributed by atoms with Crippen LogP contribution in [-0.4, -0.2) is 41.0 Å². The van der Waals surface area contributed by atoms with Crippen LogP contribution in [0.25, 0.3) is 10.9 Å². The Balaban J connectivity index is 1.45. The van der Waals surface area contributed by atoms with Crippen molar-refractivity contribution in [3.8, 4) is 0 Å². The van der Waals surface area contributed by atoms with Crippen LogP contribution in [0.3, 0.4) is 0 Å². The molecule has 2 amide bonds. The molecule has 1 aliphatic heterocycles. The SMILES string of the molecule is CC(C)(C)OC(=O)CN1C(=O)C(NC(=O)CCc2c[nH]c3ccccc23)CCc2ccccc21. The molecule has 2 N–H and O–H groups in total. The molecule has 4 rings (SSSR count). The first-order valence-corrected chi connectivity index (χ1v) is 11.7. The Bertz CT molecular complexity index is 1210. The van der Waals surface area contributed by atoms with Crippen LogP contribution < -0.4 is 10.2 Å². The zero-order chi connectivity index (χ0) is 24.3. The van der Waals surface area contributed by atoms with Crippen molar-refractivity contribution in [3.63, 3.8) is 0 Å². The van der Waals surface area contributed by atoms with Gasteiger partial charge in [-0.3, -0.25) is 19.3 Å². The molecule has 1 aromatic heterocycles. The number of nitrogens with one attached hydrogen (secondary N) is 2.